The number of hydrogen-bond acceptors (Lipinski definition) is 2. The zero-order valence-corrected chi connectivity index (χ0v) is 12.1. The summed E-state index contributed by atoms with van der Waals surface area (Å²) in [6, 6.07) is 3.93. The van der Waals surface area contributed by atoms with Crippen molar-refractivity contribution >= 4 is 23.5 Å². The van der Waals surface area contributed by atoms with Gasteiger partial charge in [-0.1, -0.05) is 31.5 Å². The van der Waals surface area contributed by atoms with Crippen LogP contribution in [0.2, 0.25) is 5.02 Å². The normalized spacial score (nSPS) is 11.2. The first-order valence-corrected chi connectivity index (χ1v) is 6.71. The van der Waals surface area contributed by atoms with Crippen molar-refractivity contribution in [1.82, 2.24) is 5.32 Å². The van der Waals surface area contributed by atoms with E-state index in [0.29, 0.717) is 12.8 Å². The Hall–Kier alpha value is -1.62. The molecule has 0 radical (unpaired) electrons. The van der Waals surface area contributed by atoms with E-state index in [0.717, 1.165) is 6.07 Å². The van der Waals surface area contributed by atoms with E-state index in [4.69, 9.17) is 11.6 Å². The van der Waals surface area contributed by atoms with Crippen LogP contribution in [0.15, 0.2) is 18.2 Å². The number of amides is 1. The van der Waals surface area contributed by atoms with Crippen molar-refractivity contribution in [3.05, 3.63) is 34.6 Å². The van der Waals surface area contributed by atoms with E-state index < -0.39 is 23.1 Å². The molecule has 1 rings (SSSR count). The molecule has 0 aliphatic heterocycles. The van der Waals surface area contributed by atoms with E-state index in [-0.39, 0.29) is 17.1 Å². The van der Waals surface area contributed by atoms with Crippen molar-refractivity contribution < 1.29 is 19.1 Å². The topological polar surface area (TPSA) is 66.4 Å². The van der Waals surface area contributed by atoms with Gasteiger partial charge in [0.05, 0.1) is 16.0 Å². The molecular weight excluding hydrogens is 285 g/mol. The van der Waals surface area contributed by atoms with Crippen LogP contribution in [0.25, 0.3) is 0 Å². The first-order chi connectivity index (χ1) is 9.38. The summed E-state index contributed by atoms with van der Waals surface area (Å²) >= 11 is 5.79. The second-order valence-corrected chi connectivity index (χ2v) is 4.98. The fourth-order valence-electron chi connectivity index (χ4n) is 1.93. The number of rotatable bonds is 6. The summed E-state index contributed by atoms with van der Waals surface area (Å²) in [5, 5.41) is 11.7. The lowest BCUT2D eigenvalue weighted by molar-refractivity contribution is -0.149. The molecule has 0 bridgehead atoms. The van der Waals surface area contributed by atoms with Crippen LogP contribution in [0.4, 0.5) is 4.39 Å². The molecule has 0 heterocycles. The number of carboxylic acids is 1. The van der Waals surface area contributed by atoms with Crippen molar-refractivity contribution in [3.63, 3.8) is 0 Å². The van der Waals surface area contributed by atoms with Crippen LogP contribution >= 0.6 is 11.6 Å². The average Bonchev–Trinajstić information content (AvgIpc) is 2.40. The molecule has 0 spiro atoms. The molecule has 0 saturated heterocycles. The van der Waals surface area contributed by atoms with Gasteiger partial charge in [-0.05, 0) is 25.0 Å². The molecule has 20 heavy (non-hydrogen) atoms. The van der Waals surface area contributed by atoms with Crippen molar-refractivity contribution in [3.8, 4) is 0 Å². The lowest BCUT2D eigenvalue weighted by Crippen LogP contribution is -2.42. The number of aliphatic carboxylic acids is 1. The molecule has 0 aliphatic rings. The van der Waals surface area contributed by atoms with Crippen molar-refractivity contribution in [2.45, 2.75) is 26.7 Å². The summed E-state index contributed by atoms with van der Waals surface area (Å²) in [5.41, 5.74) is -1.31. The number of carbonyl (C=O) groups excluding carboxylic acids is 1. The minimum absolute atomic E-state index is 0.00331. The van der Waals surface area contributed by atoms with Crippen LogP contribution in [-0.2, 0) is 4.79 Å². The minimum Gasteiger partial charge on any atom is -0.481 e. The number of nitrogens with one attached hydrogen (secondary N) is 1. The molecule has 0 fully saturated rings. The molecule has 110 valence electrons. The minimum atomic E-state index is -1.05. The van der Waals surface area contributed by atoms with Gasteiger partial charge in [0.1, 0.15) is 5.82 Å². The molecule has 1 aromatic carbocycles. The van der Waals surface area contributed by atoms with Gasteiger partial charge in [-0.2, -0.15) is 0 Å². The zero-order chi connectivity index (χ0) is 15.3. The first kappa shape index (κ1) is 16.4. The Bertz CT molecular complexity index is 495. The molecule has 1 amide bonds. The second kappa shape index (κ2) is 6.70. The third kappa shape index (κ3) is 3.28. The Morgan fingerprint density at radius 1 is 1.35 bits per heavy atom. The van der Waals surface area contributed by atoms with Gasteiger partial charge in [0, 0.05) is 6.54 Å². The zero-order valence-electron chi connectivity index (χ0n) is 11.4. The quantitative estimate of drug-likeness (QED) is 0.848. The summed E-state index contributed by atoms with van der Waals surface area (Å²) in [5.74, 6) is -2.42. The fourth-order valence-corrected chi connectivity index (χ4v) is 2.18. The molecule has 0 saturated carbocycles. The SMILES string of the molecule is CCC(CC)(CNC(=O)c1c(F)cccc1Cl)C(=O)O. The first-order valence-electron chi connectivity index (χ1n) is 6.33. The van der Waals surface area contributed by atoms with Crippen molar-refractivity contribution in [2.75, 3.05) is 6.54 Å². The van der Waals surface area contributed by atoms with Crippen LogP contribution in [-0.4, -0.2) is 23.5 Å². The molecule has 2 N–H and O–H groups in total. The maximum absolute atomic E-state index is 13.6. The monoisotopic (exact) mass is 301 g/mol. The highest BCUT2D eigenvalue weighted by Crippen LogP contribution is 2.26. The van der Waals surface area contributed by atoms with Crippen LogP contribution in [0.3, 0.4) is 0 Å². The third-order valence-electron chi connectivity index (χ3n) is 3.58. The number of benzene rings is 1. The van der Waals surface area contributed by atoms with Crippen LogP contribution in [0.5, 0.6) is 0 Å². The van der Waals surface area contributed by atoms with Gasteiger partial charge < -0.3 is 10.4 Å². The lowest BCUT2D eigenvalue weighted by Gasteiger charge is -2.26. The Morgan fingerprint density at radius 3 is 2.40 bits per heavy atom. The molecule has 0 aliphatic carbocycles. The Morgan fingerprint density at radius 2 is 1.95 bits per heavy atom. The van der Waals surface area contributed by atoms with Crippen LogP contribution < -0.4 is 5.32 Å². The van der Waals surface area contributed by atoms with Gasteiger partial charge in [-0.25, -0.2) is 4.39 Å². The Labute approximate surface area is 121 Å². The third-order valence-corrected chi connectivity index (χ3v) is 3.90. The summed E-state index contributed by atoms with van der Waals surface area (Å²) in [4.78, 5) is 23.3. The number of carboxylic acid groups (broad SMARTS) is 1. The Kier molecular flexibility index (Phi) is 5.51. The van der Waals surface area contributed by atoms with E-state index in [1.807, 2.05) is 0 Å². The number of halogens is 2. The average molecular weight is 302 g/mol. The van der Waals surface area contributed by atoms with Crippen LogP contribution in [0.1, 0.15) is 37.0 Å². The fraction of sp³-hybridized carbons (Fsp3) is 0.429. The lowest BCUT2D eigenvalue weighted by atomic mass is 9.82. The van der Waals surface area contributed by atoms with E-state index in [2.05, 4.69) is 5.32 Å². The maximum Gasteiger partial charge on any atom is 0.311 e. The molecule has 0 aromatic heterocycles. The van der Waals surface area contributed by atoms with E-state index in [9.17, 15) is 19.1 Å². The molecule has 6 heteroatoms. The van der Waals surface area contributed by atoms with Gasteiger partial charge in [-0.3, -0.25) is 9.59 Å². The van der Waals surface area contributed by atoms with Gasteiger partial charge in [-0.15, -0.1) is 0 Å². The van der Waals surface area contributed by atoms with Gasteiger partial charge in [0.2, 0.25) is 0 Å². The smallest absolute Gasteiger partial charge is 0.311 e. The number of carbonyl (C=O) groups is 2. The Balaban J connectivity index is 2.89. The molecule has 4 nitrogen and oxygen atoms in total. The van der Waals surface area contributed by atoms with Gasteiger partial charge in [0.15, 0.2) is 0 Å². The highest BCUT2D eigenvalue weighted by molar-refractivity contribution is 6.33. The summed E-state index contributed by atoms with van der Waals surface area (Å²) in [6.45, 7) is 3.40. The molecular formula is C14H17ClFNO3. The molecule has 0 atom stereocenters. The summed E-state index contributed by atoms with van der Waals surface area (Å²) in [6.07, 6.45) is 0.730. The van der Waals surface area contributed by atoms with E-state index >= 15 is 0 Å². The summed E-state index contributed by atoms with van der Waals surface area (Å²) < 4.78 is 13.6. The van der Waals surface area contributed by atoms with Crippen molar-refractivity contribution in [2.24, 2.45) is 5.41 Å². The predicted octanol–water partition coefficient (Wildman–Crippen LogP) is 3.10. The molecule has 0 unspecified atom stereocenters. The highest BCUT2D eigenvalue weighted by Gasteiger charge is 2.35. The van der Waals surface area contributed by atoms with Gasteiger partial charge in [0.25, 0.3) is 5.91 Å². The highest BCUT2D eigenvalue weighted by atomic mass is 35.5. The number of hydrogen-bond donors (Lipinski definition) is 2. The second-order valence-electron chi connectivity index (χ2n) is 4.57. The van der Waals surface area contributed by atoms with E-state index in [1.54, 1.807) is 13.8 Å². The maximum atomic E-state index is 13.6. The largest absolute Gasteiger partial charge is 0.481 e. The van der Waals surface area contributed by atoms with Crippen LogP contribution in [0, 0.1) is 11.2 Å². The van der Waals surface area contributed by atoms with Gasteiger partial charge >= 0.3 is 5.97 Å². The predicted molar refractivity (Wildman–Crippen MR) is 74.4 cm³/mol. The van der Waals surface area contributed by atoms with Crippen molar-refractivity contribution in [1.29, 1.82) is 0 Å². The summed E-state index contributed by atoms with van der Waals surface area (Å²) in [7, 11) is 0. The standard InChI is InChI=1S/C14H17ClFNO3/c1-3-14(4-2,13(19)20)8-17-12(18)11-9(15)6-5-7-10(11)16/h5-7H,3-4,8H2,1-2H3,(H,17,18)(H,19,20). The van der Waals surface area contributed by atoms with E-state index in [1.165, 1.54) is 12.1 Å². The molecule has 1 aromatic rings.